The van der Waals surface area contributed by atoms with Gasteiger partial charge in [-0.1, -0.05) is 0 Å². The third-order valence-electron chi connectivity index (χ3n) is 2.71. The van der Waals surface area contributed by atoms with Gasteiger partial charge in [0.15, 0.2) is 0 Å². The van der Waals surface area contributed by atoms with E-state index in [1.165, 1.54) is 6.07 Å². The molecule has 1 aromatic rings. The average Bonchev–Trinajstić information content (AvgIpc) is 2.33. The number of alkyl halides is 3. The Morgan fingerprint density at radius 1 is 1.25 bits per heavy atom. The lowest BCUT2D eigenvalue weighted by Gasteiger charge is -2.13. The van der Waals surface area contributed by atoms with Crippen LogP contribution in [0.25, 0.3) is 0 Å². The van der Waals surface area contributed by atoms with Gasteiger partial charge in [0, 0.05) is 24.5 Å². The highest BCUT2D eigenvalue weighted by Crippen LogP contribution is 2.35. The molecule has 0 fully saturated rings. The molecule has 114 valence electrons. The summed E-state index contributed by atoms with van der Waals surface area (Å²) in [6, 6.07) is 3.86. The minimum absolute atomic E-state index is 0.203. The summed E-state index contributed by atoms with van der Waals surface area (Å²) in [7, 11) is 0. The van der Waals surface area contributed by atoms with Crippen molar-refractivity contribution in [2.24, 2.45) is 0 Å². The van der Waals surface area contributed by atoms with E-state index in [0.29, 0.717) is 18.8 Å². The summed E-state index contributed by atoms with van der Waals surface area (Å²) >= 11 is 0. The van der Waals surface area contributed by atoms with E-state index in [9.17, 15) is 13.2 Å². The number of ether oxygens (including phenoxy) is 1. The van der Waals surface area contributed by atoms with Gasteiger partial charge in [0.25, 0.3) is 0 Å². The summed E-state index contributed by atoms with van der Waals surface area (Å²) in [5.41, 5.74) is 4.70. The van der Waals surface area contributed by atoms with Crippen molar-refractivity contribution in [2.75, 3.05) is 24.2 Å². The molecule has 0 radical (unpaired) electrons. The number of hydrogen-bond donors (Lipinski definition) is 2. The van der Waals surface area contributed by atoms with E-state index in [1.807, 2.05) is 13.8 Å². The van der Waals surface area contributed by atoms with Gasteiger partial charge in [-0.25, -0.2) is 0 Å². The number of rotatable bonds is 7. The molecule has 0 atom stereocenters. The quantitative estimate of drug-likeness (QED) is 0.591. The molecule has 1 aromatic carbocycles. The first-order chi connectivity index (χ1) is 9.30. The standard InChI is InChI=1S/C14H21F3N2O/c1-10(2)20-8-4-3-7-19-11-5-6-13(18)12(9-11)14(15,16)17/h5-6,9-10,19H,3-4,7-8,18H2,1-2H3. The molecule has 0 aliphatic rings. The van der Waals surface area contributed by atoms with Crippen molar-refractivity contribution in [3.63, 3.8) is 0 Å². The molecule has 0 amide bonds. The Morgan fingerprint density at radius 2 is 1.95 bits per heavy atom. The monoisotopic (exact) mass is 290 g/mol. The van der Waals surface area contributed by atoms with Gasteiger partial charge in [0.2, 0.25) is 0 Å². The minimum atomic E-state index is -4.42. The topological polar surface area (TPSA) is 47.3 Å². The van der Waals surface area contributed by atoms with Gasteiger partial charge in [-0.15, -0.1) is 0 Å². The van der Waals surface area contributed by atoms with Crippen LogP contribution in [-0.4, -0.2) is 19.3 Å². The molecule has 6 heteroatoms. The number of nitrogens with one attached hydrogen (secondary N) is 1. The Labute approximate surface area is 117 Å². The molecule has 20 heavy (non-hydrogen) atoms. The zero-order valence-electron chi connectivity index (χ0n) is 11.8. The number of nitrogen functional groups attached to an aromatic ring is 1. The number of halogens is 3. The highest BCUT2D eigenvalue weighted by atomic mass is 19.4. The van der Waals surface area contributed by atoms with Crippen molar-refractivity contribution in [2.45, 2.75) is 39.0 Å². The fourth-order valence-electron chi connectivity index (χ4n) is 1.69. The fourth-order valence-corrected chi connectivity index (χ4v) is 1.69. The Bertz CT molecular complexity index is 419. The maximum atomic E-state index is 12.7. The van der Waals surface area contributed by atoms with Crippen molar-refractivity contribution in [3.8, 4) is 0 Å². The molecule has 0 saturated heterocycles. The third kappa shape index (κ3) is 5.69. The third-order valence-corrected chi connectivity index (χ3v) is 2.71. The van der Waals surface area contributed by atoms with E-state index in [2.05, 4.69) is 5.32 Å². The van der Waals surface area contributed by atoms with Gasteiger partial charge >= 0.3 is 6.18 Å². The van der Waals surface area contributed by atoms with Crippen molar-refractivity contribution in [1.82, 2.24) is 0 Å². The first kappa shape index (κ1) is 16.6. The molecule has 3 N–H and O–H groups in total. The van der Waals surface area contributed by atoms with Crippen LogP contribution in [0.2, 0.25) is 0 Å². The summed E-state index contributed by atoms with van der Waals surface area (Å²) in [6.45, 7) is 5.19. The largest absolute Gasteiger partial charge is 0.418 e. The van der Waals surface area contributed by atoms with Gasteiger partial charge in [0.05, 0.1) is 11.7 Å². The van der Waals surface area contributed by atoms with E-state index < -0.39 is 11.7 Å². The summed E-state index contributed by atoms with van der Waals surface area (Å²) in [4.78, 5) is 0. The van der Waals surface area contributed by atoms with Crippen molar-refractivity contribution in [3.05, 3.63) is 23.8 Å². The Morgan fingerprint density at radius 3 is 2.55 bits per heavy atom. The molecule has 0 heterocycles. The van der Waals surface area contributed by atoms with Gasteiger partial charge in [-0.3, -0.25) is 0 Å². The van der Waals surface area contributed by atoms with Crippen LogP contribution in [0.15, 0.2) is 18.2 Å². The lowest BCUT2D eigenvalue weighted by Crippen LogP contribution is -2.11. The lowest BCUT2D eigenvalue weighted by molar-refractivity contribution is -0.136. The van der Waals surface area contributed by atoms with E-state index in [-0.39, 0.29) is 11.8 Å². The van der Waals surface area contributed by atoms with Crippen LogP contribution in [0.4, 0.5) is 24.5 Å². The molecule has 0 bridgehead atoms. The second kappa shape index (κ2) is 7.38. The van der Waals surface area contributed by atoms with Crippen LogP contribution in [-0.2, 0) is 10.9 Å². The SMILES string of the molecule is CC(C)OCCCCNc1ccc(N)c(C(F)(F)F)c1. The maximum Gasteiger partial charge on any atom is 0.418 e. The molecule has 0 saturated carbocycles. The number of unbranched alkanes of at least 4 members (excludes halogenated alkanes) is 1. The lowest BCUT2D eigenvalue weighted by atomic mass is 10.1. The van der Waals surface area contributed by atoms with E-state index in [4.69, 9.17) is 10.5 Å². The minimum Gasteiger partial charge on any atom is -0.398 e. The summed E-state index contributed by atoms with van der Waals surface area (Å²) in [5, 5.41) is 2.96. The summed E-state index contributed by atoms with van der Waals surface area (Å²) in [5.74, 6) is 0. The Kier molecular flexibility index (Phi) is 6.13. The van der Waals surface area contributed by atoms with Crippen LogP contribution in [0, 0.1) is 0 Å². The van der Waals surface area contributed by atoms with Gasteiger partial charge in [0.1, 0.15) is 0 Å². The van der Waals surface area contributed by atoms with E-state index in [0.717, 1.165) is 18.9 Å². The molecular weight excluding hydrogens is 269 g/mol. The zero-order chi connectivity index (χ0) is 15.2. The predicted octanol–water partition coefficient (Wildman–Crippen LogP) is 3.90. The highest BCUT2D eigenvalue weighted by molar-refractivity contribution is 5.58. The van der Waals surface area contributed by atoms with Gasteiger partial charge < -0.3 is 15.8 Å². The first-order valence-electron chi connectivity index (χ1n) is 6.63. The zero-order valence-corrected chi connectivity index (χ0v) is 11.8. The van der Waals surface area contributed by atoms with E-state index in [1.54, 1.807) is 6.07 Å². The molecule has 0 unspecified atom stereocenters. The van der Waals surface area contributed by atoms with Crippen LogP contribution in [0.3, 0.4) is 0 Å². The molecule has 0 spiro atoms. The Balaban J connectivity index is 2.41. The first-order valence-corrected chi connectivity index (χ1v) is 6.63. The smallest absolute Gasteiger partial charge is 0.398 e. The summed E-state index contributed by atoms with van der Waals surface area (Å²) in [6.07, 6.45) is -2.52. The number of nitrogens with two attached hydrogens (primary N) is 1. The second-order valence-electron chi connectivity index (χ2n) is 4.85. The predicted molar refractivity (Wildman–Crippen MR) is 74.7 cm³/mol. The van der Waals surface area contributed by atoms with Gasteiger partial charge in [-0.05, 0) is 44.9 Å². The van der Waals surface area contributed by atoms with Crippen molar-refractivity contribution >= 4 is 11.4 Å². The number of hydrogen-bond acceptors (Lipinski definition) is 3. The maximum absolute atomic E-state index is 12.7. The van der Waals surface area contributed by atoms with Crippen LogP contribution >= 0.6 is 0 Å². The molecule has 0 aliphatic heterocycles. The van der Waals surface area contributed by atoms with Crippen LogP contribution < -0.4 is 11.1 Å². The van der Waals surface area contributed by atoms with Crippen molar-refractivity contribution in [1.29, 1.82) is 0 Å². The van der Waals surface area contributed by atoms with Crippen LogP contribution in [0.1, 0.15) is 32.3 Å². The fraction of sp³-hybridized carbons (Fsp3) is 0.571. The number of benzene rings is 1. The molecule has 0 aromatic heterocycles. The summed E-state index contributed by atoms with van der Waals surface area (Å²) < 4.78 is 43.4. The molecule has 1 rings (SSSR count). The van der Waals surface area contributed by atoms with Crippen molar-refractivity contribution < 1.29 is 17.9 Å². The number of anilines is 2. The highest BCUT2D eigenvalue weighted by Gasteiger charge is 2.33. The van der Waals surface area contributed by atoms with E-state index >= 15 is 0 Å². The van der Waals surface area contributed by atoms with Crippen LogP contribution in [0.5, 0.6) is 0 Å². The normalized spacial score (nSPS) is 11.9. The molecule has 3 nitrogen and oxygen atoms in total. The Hall–Kier alpha value is -1.43. The van der Waals surface area contributed by atoms with Gasteiger partial charge in [-0.2, -0.15) is 13.2 Å². The second-order valence-corrected chi connectivity index (χ2v) is 4.85. The average molecular weight is 290 g/mol. The molecule has 0 aliphatic carbocycles. The molecular formula is C14H21F3N2O.